The van der Waals surface area contributed by atoms with E-state index in [1.165, 1.54) is 0 Å². The van der Waals surface area contributed by atoms with Crippen LogP contribution in [-0.2, 0) is 0 Å². The van der Waals surface area contributed by atoms with Crippen LogP contribution in [0.25, 0.3) is 10.8 Å². The monoisotopic (exact) mass is 273 g/mol. The molecule has 3 heteroatoms. The van der Waals surface area contributed by atoms with Gasteiger partial charge in [-0.2, -0.15) is 0 Å². The first kappa shape index (κ1) is 14.8. The van der Waals surface area contributed by atoms with Crippen molar-refractivity contribution in [2.24, 2.45) is 11.7 Å². The molecule has 4 N–H and O–H groups in total. The van der Waals surface area contributed by atoms with E-state index in [4.69, 9.17) is 5.73 Å². The average Bonchev–Trinajstić information content (AvgIpc) is 2.44. The van der Waals surface area contributed by atoms with Gasteiger partial charge in [-0.15, -0.1) is 0 Å². The summed E-state index contributed by atoms with van der Waals surface area (Å²) in [6.45, 7) is 4.24. The standard InChI is InChI=1S/C17H23NO2/c1-11(2)7-9-15(20)17(18)16-13-6-4-3-5-12(13)8-10-14(16)19/h3-6,8,10-11,15,17,19-20H,7,9,18H2,1-2H3/t15-,17-/m1/s1. The summed E-state index contributed by atoms with van der Waals surface area (Å²) in [5.74, 6) is 0.678. The lowest BCUT2D eigenvalue weighted by molar-refractivity contribution is 0.127. The molecule has 0 saturated carbocycles. The van der Waals surface area contributed by atoms with E-state index in [1.807, 2.05) is 30.3 Å². The van der Waals surface area contributed by atoms with Gasteiger partial charge in [0.1, 0.15) is 5.75 Å². The van der Waals surface area contributed by atoms with Crippen molar-refractivity contribution in [1.82, 2.24) is 0 Å². The molecular weight excluding hydrogens is 250 g/mol. The molecule has 0 bridgehead atoms. The Morgan fingerprint density at radius 3 is 2.45 bits per heavy atom. The van der Waals surface area contributed by atoms with E-state index in [0.29, 0.717) is 17.9 Å². The van der Waals surface area contributed by atoms with Crippen LogP contribution in [0.5, 0.6) is 5.75 Å². The van der Waals surface area contributed by atoms with Gasteiger partial charge in [-0.1, -0.05) is 44.2 Å². The molecule has 3 nitrogen and oxygen atoms in total. The third-order valence-corrected chi connectivity index (χ3v) is 3.74. The van der Waals surface area contributed by atoms with E-state index in [9.17, 15) is 10.2 Å². The Bertz CT molecular complexity index is 580. The maximum atomic E-state index is 10.3. The molecule has 0 amide bonds. The Morgan fingerprint density at radius 2 is 1.75 bits per heavy atom. The number of phenolic OH excluding ortho intramolecular Hbond substituents is 1. The lowest BCUT2D eigenvalue weighted by Gasteiger charge is -2.22. The Balaban J connectivity index is 2.33. The molecule has 0 spiro atoms. The van der Waals surface area contributed by atoms with Crippen molar-refractivity contribution < 1.29 is 10.2 Å². The summed E-state index contributed by atoms with van der Waals surface area (Å²) in [5.41, 5.74) is 6.82. The van der Waals surface area contributed by atoms with Gasteiger partial charge in [0.2, 0.25) is 0 Å². The largest absolute Gasteiger partial charge is 0.508 e. The number of aliphatic hydroxyl groups excluding tert-OH is 1. The molecular formula is C17H23NO2. The number of nitrogens with two attached hydrogens (primary N) is 1. The lowest BCUT2D eigenvalue weighted by Crippen LogP contribution is -2.26. The van der Waals surface area contributed by atoms with Crippen LogP contribution in [0.3, 0.4) is 0 Å². The number of fused-ring (bicyclic) bond motifs is 1. The van der Waals surface area contributed by atoms with Crippen LogP contribution in [0, 0.1) is 5.92 Å². The van der Waals surface area contributed by atoms with Gasteiger partial charge in [-0.3, -0.25) is 0 Å². The molecule has 0 heterocycles. The van der Waals surface area contributed by atoms with Gasteiger partial charge < -0.3 is 15.9 Å². The van der Waals surface area contributed by atoms with Crippen LogP contribution in [0.15, 0.2) is 36.4 Å². The van der Waals surface area contributed by atoms with Crippen molar-refractivity contribution in [2.75, 3.05) is 0 Å². The van der Waals surface area contributed by atoms with Gasteiger partial charge >= 0.3 is 0 Å². The number of rotatable bonds is 5. The molecule has 2 rings (SSSR count). The van der Waals surface area contributed by atoms with E-state index in [0.717, 1.165) is 17.2 Å². The quantitative estimate of drug-likeness (QED) is 0.782. The molecule has 0 unspecified atom stereocenters. The summed E-state index contributed by atoms with van der Waals surface area (Å²) in [5, 5.41) is 22.3. The first-order valence-corrected chi connectivity index (χ1v) is 7.15. The van der Waals surface area contributed by atoms with E-state index in [2.05, 4.69) is 13.8 Å². The van der Waals surface area contributed by atoms with Crippen LogP contribution >= 0.6 is 0 Å². The van der Waals surface area contributed by atoms with Gasteiger partial charge in [0.05, 0.1) is 12.1 Å². The summed E-state index contributed by atoms with van der Waals surface area (Å²) >= 11 is 0. The van der Waals surface area contributed by atoms with Gasteiger partial charge in [-0.25, -0.2) is 0 Å². The second-order valence-electron chi connectivity index (χ2n) is 5.78. The molecule has 2 aromatic rings. The fourth-order valence-corrected chi connectivity index (χ4v) is 2.51. The fraction of sp³-hybridized carbons (Fsp3) is 0.412. The molecule has 0 fully saturated rings. The predicted molar refractivity (Wildman–Crippen MR) is 82.6 cm³/mol. The smallest absolute Gasteiger partial charge is 0.121 e. The molecule has 2 aromatic carbocycles. The van der Waals surface area contributed by atoms with E-state index < -0.39 is 12.1 Å². The number of hydrogen-bond acceptors (Lipinski definition) is 3. The summed E-state index contributed by atoms with van der Waals surface area (Å²) in [6, 6.07) is 10.7. The average molecular weight is 273 g/mol. The van der Waals surface area contributed by atoms with Crippen LogP contribution in [-0.4, -0.2) is 16.3 Å². The number of aromatic hydroxyl groups is 1. The highest BCUT2D eigenvalue weighted by atomic mass is 16.3. The van der Waals surface area contributed by atoms with Crippen molar-refractivity contribution in [1.29, 1.82) is 0 Å². The Labute approximate surface area is 120 Å². The molecule has 2 atom stereocenters. The minimum absolute atomic E-state index is 0.153. The normalized spacial score (nSPS) is 14.7. The van der Waals surface area contributed by atoms with E-state index in [1.54, 1.807) is 6.07 Å². The zero-order chi connectivity index (χ0) is 14.7. The number of benzene rings is 2. The Hall–Kier alpha value is -1.58. The molecule has 0 aromatic heterocycles. The maximum absolute atomic E-state index is 10.3. The van der Waals surface area contributed by atoms with Crippen molar-refractivity contribution in [3.63, 3.8) is 0 Å². The zero-order valence-electron chi connectivity index (χ0n) is 12.1. The topological polar surface area (TPSA) is 66.5 Å². The number of aliphatic hydroxyl groups is 1. The predicted octanol–water partition coefficient (Wildman–Crippen LogP) is 3.34. The highest BCUT2D eigenvalue weighted by molar-refractivity contribution is 5.88. The van der Waals surface area contributed by atoms with Crippen LogP contribution in [0.4, 0.5) is 0 Å². The maximum Gasteiger partial charge on any atom is 0.121 e. The molecule has 0 aliphatic rings. The third kappa shape index (κ3) is 3.11. The molecule has 0 radical (unpaired) electrons. The lowest BCUT2D eigenvalue weighted by atomic mass is 9.92. The van der Waals surface area contributed by atoms with Gasteiger partial charge in [-0.05, 0) is 35.6 Å². The summed E-state index contributed by atoms with van der Waals surface area (Å²) in [4.78, 5) is 0. The number of phenols is 1. The zero-order valence-corrected chi connectivity index (χ0v) is 12.1. The van der Waals surface area contributed by atoms with E-state index in [-0.39, 0.29) is 5.75 Å². The van der Waals surface area contributed by atoms with Gasteiger partial charge in [0, 0.05) is 5.56 Å². The Kier molecular flexibility index (Phi) is 4.63. The third-order valence-electron chi connectivity index (χ3n) is 3.74. The summed E-state index contributed by atoms with van der Waals surface area (Å²) in [6.07, 6.45) is 0.913. The van der Waals surface area contributed by atoms with Gasteiger partial charge in [0.15, 0.2) is 0 Å². The second-order valence-corrected chi connectivity index (χ2v) is 5.78. The van der Waals surface area contributed by atoms with Crippen LogP contribution in [0.1, 0.15) is 38.3 Å². The van der Waals surface area contributed by atoms with Crippen LogP contribution < -0.4 is 5.73 Å². The van der Waals surface area contributed by atoms with Crippen molar-refractivity contribution >= 4 is 10.8 Å². The van der Waals surface area contributed by atoms with Crippen molar-refractivity contribution in [2.45, 2.75) is 38.8 Å². The fourth-order valence-electron chi connectivity index (χ4n) is 2.51. The summed E-state index contributed by atoms with van der Waals surface area (Å²) in [7, 11) is 0. The Morgan fingerprint density at radius 1 is 1.05 bits per heavy atom. The van der Waals surface area contributed by atoms with Crippen molar-refractivity contribution in [3.05, 3.63) is 42.0 Å². The second kappa shape index (κ2) is 6.25. The first-order chi connectivity index (χ1) is 9.50. The highest BCUT2D eigenvalue weighted by Crippen LogP contribution is 2.33. The molecule has 108 valence electrons. The van der Waals surface area contributed by atoms with E-state index >= 15 is 0 Å². The van der Waals surface area contributed by atoms with Crippen LogP contribution in [0.2, 0.25) is 0 Å². The SMILES string of the molecule is CC(C)CC[C@@H](O)[C@@H](N)c1c(O)ccc2ccccc12. The van der Waals surface area contributed by atoms with Gasteiger partial charge in [0.25, 0.3) is 0 Å². The van der Waals surface area contributed by atoms with Crippen molar-refractivity contribution in [3.8, 4) is 5.75 Å². The molecule has 0 saturated heterocycles. The minimum Gasteiger partial charge on any atom is -0.508 e. The number of hydrogen-bond donors (Lipinski definition) is 3. The molecule has 20 heavy (non-hydrogen) atoms. The first-order valence-electron chi connectivity index (χ1n) is 7.15. The minimum atomic E-state index is -0.644. The molecule has 0 aliphatic carbocycles. The summed E-state index contributed by atoms with van der Waals surface area (Å²) < 4.78 is 0. The molecule has 0 aliphatic heterocycles. The highest BCUT2D eigenvalue weighted by Gasteiger charge is 2.22.